The van der Waals surface area contributed by atoms with Crippen molar-refractivity contribution in [2.24, 2.45) is 0 Å². The standard InChI is InChI=1S/C14H21NO3S/c1-18-9-11(6-7-16)15-14(17)13-8-10-4-2-3-5-12(10)19-13/h8,11,16H,2-7,9H2,1H3,(H,15,17). The minimum atomic E-state index is -0.123. The molecule has 1 heterocycles. The van der Waals surface area contributed by atoms with Crippen molar-refractivity contribution in [2.75, 3.05) is 20.3 Å². The third-order valence-electron chi connectivity index (χ3n) is 3.40. The molecule has 0 aliphatic heterocycles. The van der Waals surface area contributed by atoms with E-state index in [2.05, 4.69) is 5.32 Å². The van der Waals surface area contributed by atoms with Gasteiger partial charge in [0.05, 0.1) is 17.5 Å². The quantitative estimate of drug-likeness (QED) is 0.836. The number of hydrogen-bond acceptors (Lipinski definition) is 4. The van der Waals surface area contributed by atoms with Gasteiger partial charge in [-0.1, -0.05) is 0 Å². The van der Waals surface area contributed by atoms with Crippen molar-refractivity contribution in [2.45, 2.75) is 38.1 Å². The minimum absolute atomic E-state index is 0.0464. The van der Waals surface area contributed by atoms with Gasteiger partial charge in [0.1, 0.15) is 0 Å². The molecular formula is C14H21NO3S. The third-order valence-corrected chi connectivity index (χ3v) is 4.64. The van der Waals surface area contributed by atoms with Crippen LogP contribution in [0.4, 0.5) is 0 Å². The summed E-state index contributed by atoms with van der Waals surface area (Å²) in [5.74, 6) is -0.0464. The van der Waals surface area contributed by atoms with Crippen LogP contribution in [0.5, 0.6) is 0 Å². The van der Waals surface area contributed by atoms with E-state index in [0.29, 0.717) is 13.0 Å². The van der Waals surface area contributed by atoms with E-state index < -0.39 is 0 Å². The highest BCUT2D eigenvalue weighted by Gasteiger charge is 2.19. The fourth-order valence-electron chi connectivity index (χ4n) is 2.41. The average molecular weight is 283 g/mol. The van der Waals surface area contributed by atoms with Crippen molar-refractivity contribution in [1.29, 1.82) is 0 Å². The molecule has 0 fully saturated rings. The number of nitrogens with one attached hydrogen (secondary N) is 1. The average Bonchev–Trinajstić information content (AvgIpc) is 2.83. The molecule has 19 heavy (non-hydrogen) atoms. The summed E-state index contributed by atoms with van der Waals surface area (Å²) in [6.07, 6.45) is 5.17. The number of fused-ring (bicyclic) bond motifs is 1. The molecule has 0 radical (unpaired) electrons. The highest BCUT2D eigenvalue weighted by molar-refractivity contribution is 7.14. The number of aryl methyl sites for hydroxylation is 2. The van der Waals surface area contributed by atoms with Gasteiger partial charge in [-0.15, -0.1) is 11.3 Å². The highest BCUT2D eigenvalue weighted by atomic mass is 32.1. The summed E-state index contributed by atoms with van der Waals surface area (Å²) in [5, 5.41) is 11.9. The van der Waals surface area contributed by atoms with E-state index in [-0.39, 0.29) is 18.6 Å². The highest BCUT2D eigenvalue weighted by Crippen LogP contribution is 2.29. The summed E-state index contributed by atoms with van der Waals surface area (Å²) in [4.78, 5) is 14.3. The first-order chi connectivity index (χ1) is 9.24. The Labute approximate surface area is 117 Å². The maximum absolute atomic E-state index is 12.2. The monoisotopic (exact) mass is 283 g/mol. The predicted molar refractivity (Wildman–Crippen MR) is 75.8 cm³/mol. The lowest BCUT2D eigenvalue weighted by Crippen LogP contribution is -2.38. The Morgan fingerprint density at radius 1 is 1.53 bits per heavy atom. The molecule has 4 nitrogen and oxygen atoms in total. The maximum Gasteiger partial charge on any atom is 0.261 e. The maximum atomic E-state index is 12.2. The van der Waals surface area contributed by atoms with E-state index in [9.17, 15) is 4.79 Å². The van der Waals surface area contributed by atoms with Crippen molar-refractivity contribution in [3.8, 4) is 0 Å². The zero-order valence-electron chi connectivity index (χ0n) is 11.3. The first-order valence-electron chi connectivity index (χ1n) is 6.77. The second kappa shape index (κ2) is 7.03. The molecule has 0 aromatic carbocycles. The topological polar surface area (TPSA) is 58.6 Å². The van der Waals surface area contributed by atoms with E-state index >= 15 is 0 Å². The summed E-state index contributed by atoms with van der Waals surface area (Å²) >= 11 is 1.61. The van der Waals surface area contributed by atoms with Crippen LogP contribution in [0.25, 0.3) is 0 Å². The molecule has 1 atom stereocenters. The van der Waals surface area contributed by atoms with E-state index in [1.807, 2.05) is 6.07 Å². The van der Waals surface area contributed by atoms with E-state index in [4.69, 9.17) is 9.84 Å². The molecular weight excluding hydrogens is 262 g/mol. The fourth-order valence-corrected chi connectivity index (χ4v) is 3.57. The van der Waals surface area contributed by atoms with Crippen molar-refractivity contribution in [3.05, 3.63) is 21.4 Å². The van der Waals surface area contributed by atoms with Crippen molar-refractivity contribution in [1.82, 2.24) is 5.32 Å². The largest absolute Gasteiger partial charge is 0.396 e. The van der Waals surface area contributed by atoms with Gasteiger partial charge in [-0.3, -0.25) is 4.79 Å². The van der Waals surface area contributed by atoms with Crippen LogP contribution >= 0.6 is 11.3 Å². The van der Waals surface area contributed by atoms with Crippen LogP contribution in [0, 0.1) is 0 Å². The van der Waals surface area contributed by atoms with Crippen LogP contribution in [0.2, 0.25) is 0 Å². The van der Waals surface area contributed by atoms with Crippen LogP contribution in [0.15, 0.2) is 6.07 Å². The smallest absolute Gasteiger partial charge is 0.261 e. The number of thiophene rings is 1. The fraction of sp³-hybridized carbons (Fsp3) is 0.643. The Kier molecular flexibility index (Phi) is 5.36. The van der Waals surface area contributed by atoms with Crippen molar-refractivity contribution >= 4 is 17.2 Å². The normalized spacial score (nSPS) is 15.9. The van der Waals surface area contributed by atoms with Crippen LogP contribution in [0.1, 0.15) is 39.4 Å². The molecule has 5 heteroatoms. The van der Waals surface area contributed by atoms with Crippen LogP contribution < -0.4 is 5.32 Å². The Morgan fingerprint density at radius 2 is 2.32 bits per heavy atom. The summed E-state index contributed by atoms with van der Waals surface area (Å²) in [6.45, 7) is 0.479. The van der Waals surface area contributed by atoms with Gasteiger partial charge in [-0.05, 0) is 43.7 Å². The zero-order valence-corrected chi connectivity index (χ0v) is 12.1. The second-order valence-corrected chi connectivity index (χ2v) is 6.04. The third kappa shape index (κ3) is 3.78. The molecule has 1 aromatic heterocycles. The van der Waals surface area contributed by atoms with Gasteiger partial charge >= 0.3 is 0 Å². The Morgan fingerprint density at radius 3 is 3.00 bits per heavy atom. The Balaban J connectivity index is 2.00. The van der Waals surface area contributed by atoms with Gasteiger partial charge in [-0.25, -0.2) is 0 Å². The molecule has 0 bridgehead atoms. The molecule has 0 saturated carbocycles. The first kappa shape index (κ1) is 14.5. The van der Waals surface area contributed by atoms with Gasteiger partial charge < -0.3 is 15.2 Å². The number of ether oxygens (including phenoxy) is 1. The number of carbonyl (C=O) groups is 1. The molecule has 0 spiro atoms. The second-order valence-electron chi connectivity index (χ2n) is 4.90. The molecule has 106 valence electrons. The van der Waals surface area contributed by atoms with Crippen LogP contribution in [0.3, 0.4) is 0 Å². The zero-order chi connectivity index (χ0) is 13.7. The molecule has 1 aliphatic carbocycles. The lowest BCUT2D eigenvalue weighted by Gasteiger charge is -2.16. The van der Waals surface area contributed by atoms with Crippen LogP contribution in [-0.2, 0) is 17.6 Å². The Hall–Kier alpha value is -0.910. The SMILES string of the molecule is COCC(CCO)NC(=O)c1cc2c(s1)CCCC2. The summed E-state index contributed by atoms with van der Waals surface area (Å²) in [7, 11) is 1.60. The molecule has 1 aliphatic rings. The van der Waals surface area contributed by atoms with Gasteiger partial charge in [-0.2, -0.15) is 0 Å². The summed E-state index contributed by atoms with van der Waals surface area (Å²) in [6, 6.07) is 1.90. The summed E-state index contributed by atoms with van der Waals surface area (Å²) < 4.78 is 5.05. The Bertz CT molecular complexity index is 401. The number of rotatable bonds is 6. The lowest BCUT2D eigenvalue weighted by atomic mass is 9.99. The number of hydrogen-bond donors (Lipinski definition) is 2. The van der Waals surface area contributed by atoms with Crippen molar-refractivity contribution in [3.63, 3.8) is 0 Å². The van der Waals surface area contributed by atoms with Gasteiger partial charge in [0.15, 0.2) is 0 Å². The molecule has 2 N–H and O–H groups in total. The molecule has 0 saturated heterocycles. The van der Waals surface area contributed by atoms with E-state index in [1.54, 1.807) is 18.4 Å². The summed E-state index contributed by atoms with van der Waals surface area (Å²) in [5.41, 5.74) is 1.34. The van der Waals surface area contributed by atoms with Gasteiger partial charge in [0, 0.05) is 18.6 Å². The number of methoxy groups -OCH3 is 1. The van der Waals surface area contributed by atoms with Crippen LogP contribution in [-0.4, -0.2) is 37.4 Å². The van der Waals surface area contributed by atoms with E-state index in [0.717, 1.165) is 17.7 Å². The number of carbonyl (C=O) groups excluding carboxylic acids is 1. The first-order valence-corrected chi connectivity index (χ1v) is 7.58. The van der Waals surface area contributed by atoms with Gasteiger partial charge in [0.2, 0.25) is 0 Å². The van der Waals surface area contributed by atoms with E-state index in [1.165, 1.54) is 23.3 Å². The number of amides is 1. The lowest BCUT2D eigenvalue weighted by molar-refractivity contribution is 0.0882. The molecule has 1 aromatic rings. The molecule has 1 amide bonds. The number of aliphatic hydroxyl groups excluding tert-OH is 1. The molecule has 1 unspecified atom stereocenters. The van der Waals surface area contributed by atoms with Crippen molar-refractivity contribution < 1.29 is 14.6 Å². The van der Waals surface area contributed by atoms with Gasteiger partial charge in [0.25, 0.3) is 5.91 Å². The molecule has 2 rings (SSSR count). The predicted octanol–water partition coefficient (Wildman–Crippen LogP) is 1.75. The number of aliphatic hydroxyl groups is 1. The minimum Gasteiger partial charge on any atom is -0.396 e.